The van der Waals surface area contributed by atoms with E-state index in [9.17, 15) is 5.26 Å². The van der Waals surface area contributed by atoms with Crippen molar-refractivity contribution in [1.82, 2.24) is 0 Å². The van der Waals surface area contributed by atoms with Crippen molar-refractivity contribution < 1.29 is 4.74 Å². The van der Waals surface area contributed by atoms with Gasteiger partial charge in [-0.25, -0.2) is 0 Å². The highest BCUT2D eigenvalue weighted by atomic mass is 35.5. The summed E-state index contributed by atoms with van der Waals surface area (Å²) in [6, 6.07) is 7.98. The Bertz CT molecular complexity index is 493. The Kier molecular flexibility index (Phi) is 3.41. The molecule has 0 bridgehead atoms. The van der Waals surface area contributed by atoms with Crippen LogP contribution in [0.25, 0.3) is 0 Å². The zero-order valence-electron chi connectivity index (χ0n) is 10.9. The van der Waals surface area contributed by atoms with Crippen LogP contribution in [-0.4, -0.2) is 19.2 Å². The number of nitrogens with zero attached hydrogens (tertiary/aromatic N) is 2. The lowest BCUT2D eigenvalue weighted by Crippen LogP contribution is -2.42. The van der Waals surface area contributed by atoms with Gasteiger partial charge < -0.3 is 9.64 Å². The van der Waals surface area contributed by atoms with E-state index in [1.54, 1.807) is 7.11 Å². The molecule has 4 heteroatoms. The van der Waals surface area contributed by atoms with Gasteiger partial charge in [0.2, 0.25) is 0 Å². The van der Waals surface area contributed by atoms with E-state index < -0.39 is 0 Å². The third-order valence-corrected chi connectivity index (χ3v) is 4.01. The van der Waals surface area contributed by atoms with Crippen LogP contribution < -0.4 is 9.64 Å². The van der Waals surface area contributed by atoms with Crippen LogP contribution in [-0.2, 0) is 0 Å². The van der Waals surface area contributed by atoms with Gasteiger partial charge in [0.15, 0.2) is 0 Å². The molecular weight excluding hydrogens is 248 g/mol. The number of anilines is 1. The summed E-state index contributed by atoms with van der Waals surface area (Å²) in [7, 11) is 1.65. The first-order valence-corrected chi connectivity index (χ1v) is 6.39. The summed E-state index contributed by atoms with van der Waals surface area (Å²) in [4.78, 5) is 2.21. The molecule has 96 valence electrons. The normalized spacial score (nSPS) is 21.7. The van der Waals surface area contributed by atoms with Gasteiger partial charge in [0.25, 0.3) is 0 Å². The summed E-state index contributed by atoms with van der Waals surface area (Å²) in [6.45, 7) is 5.03. The second-order valence-corrected chi connectivity index (χ2v) is 5.53. The molecule has 1 aliphatic heterocycles. The summed E-state index contributed by atoms with van der Waals surface area (Å²) in [5.41, 5.74) is 0.764. The molecule has 0 N–H and O–H groups in total. The predicted molar refractivity (Wildman–Crippen MR) is 73.1 cm³/mol. The highest BCUT2D eigenvalue weighted by Gasteiger charge is 2.42. The molecule has 0 aliphatic carbocycles. The van der Waals surface area contributed by atoms with Gasteiger partial charge in [-0.2, -0.15) is 5.26 Å². The molecule has 0 amide bonds. The number of hydrogen-bond acceptors (Lipinski definition) is 3. The van der Waals surface area contributed by atoms with Crippen molar-refractivity contribution in [3.8, 4) is 11.8 Å². The number of methoxy groups -OCH3 is 1. The quantitative estimate of drug-likeness (QED) is 0.821. The van der Waals surface area contributed by atoms with E-state index in [0.29, 0.717) is 5.02 Å². The summed E-state index contributed by atoms with van der Waals surface area (Å²) >= 11 is 6.07. The largest absolute Gasteiger partial charge is 0.495 e. The summed E-state index contributed by atoms with van der Waals surface area (Å²) in [6.07, 6.45) is 0.874. The average molecular weight is 265 g/mol. The van der Waals surface area contributed by atoms with Crippen molar-refractivity contribution >= 4 is 17.3 Å². The smallest absolute Gasteiger partial charge is 0.142 e. The maximum absolute atomic E-state index is 9.21. The first kappa shape index (κ1) is 13.0. The van der Waals surface area contributed by atoms with Gasteiger partial charge in [-0.1, -0.05) is 11.6 Å². The van der Waals surface area contributed by atoms with Crippen LogP contribution in [0.1, 0.15) is 20.3 Å². The van der Waals surface area contributed by atoms with Crippen molar-refractivity contribution in [3.05, 3.63) is 23.2 Å². The van der Waals surface area contributed by atoms with E-state index in [-0.39, 0.29) is 11.5 Å². The van der Waals surface area contributed by atoms with Gasteiger partial charge >= 0.3 is 0 Å². The summed E-state index contributed by atoms with van der Waals surface area (Å²) < 4.78 is 5.39. The van der Waals surface area contributed by atoms with Crippen LogP contribution in [0.15, 0.2) is 18.2 Å². The third kappa shape index (κ3) is 2.02. The molecule has 3 nitrogen and oxygen atoms in total. The van der Waals surface area contributed by atoms with Crippen molar-refractivity contribution in [2.45, 2.75) is 25.8 Å². The number of nitriles is 1. The standard InChI is InChI=1S/C14H17ClN2O/c1-14(2)10(9-16)6-7-17(14)12-8-11(15)4-5-13(12)18-3/h4-5,8,10H,6-7H2,1-3H3. The Morgan fingerprint density at radius 1 is 1.50 bits per heavy atom. The number of hydrogen-bond donors (Lipinski definition) is 0. The van der Waals surface area contributed by atoms with Crippen LogP contribution in [0.4, 0.5) is 5.69 Å². The molecule has 1 saturated heterocycles. The lowest BCUT2D eigenvalue weighted by Gasteiger charge is -2.36. The third-order valence-electron chi connectivity index (χ3n) is 3.78. The van der Waals surface area contributed by atoms with Gasteiger partial charge in [-0.3, -0.25) is 0 Å². The predicted octanol–water partition coefficient (Wildman–Crippen LogP) is 3.48. The number of ether oxygens (including phenoxy) is 1. The topological polar surface area (TPSA) is 36.3 Å². The van der Waals surface area contributed by atoms with Crippen molar-refractivity contribution in [2.75, 3.05) is 18.6 Å². The fourth-order valence-corrected chi connectivity index (χ4v) is 2.78. The van der Waals surface area contributed by atoms with Gasteiger partial charge in [0.1, 0.15) is 5.75 Å². The molecule has 2 rings (SSSR count). The van der Waals surface area contributed by atoms with Gasteiger partial charge in [-0.15, -0.1) is 0 Å². The van der Waals surface area contributed by atoms with E-state index in [1.165, 1.54) is 0 Å². The monoisotopic (exact) mass is 264 g/mol. The average Bonchev–Trinajstić information content (AvgIpc) is 2.63. The van der Waals surface area contributed by atoms with E-state index in [1.807, 2.05) is 18.2 Å². The lowest BCUT2D eigenvalue weighted by molar-refractivity contribution is 0.402. The molecule has 1 aromatic rings. The van der Waals surface area contributed by atoms with E-state index in [2.05, 4.69) is 24.8 Å². The Hall–Kier alpha value is -1.40. The zero-order valence-corrected chi connectivity index (χ0v) is 11.7. The Labute approximate surface area is 113 Å². The first-order valence-electron chi connectivity index (χ1n) is 6.01. The summed E-state index contributed by atoms with van der Waals surface area (Å²) in [5, 5.41) is 9.90. The fourth-order valence-electron chi connectivity index (χ4n) is 2.62. The number of rotatable bonds is 2. The minimum Gasteiger partial charge on any atom is -0.495 e. The van der Waals surface area contributed by atoms with Crippen molar-refractivity contribution in [1.29, 1.82) is 5.26 Å². The summed E-state index contributed by atoms with van der Waals surface area (Å²) in [5.74, 6) is 0.826. The molecule has 0 saturated carbocycles. The van der Waals surface area contributed by atoms with E-state index in [0.717, 1.165) is 24.4 Å². The fraction of sp³-hybridized carbons (Fsp3) is 0.500. The zero-order chi connectivity index (χ0) is 13.3. The lowest BCUT2D eigenvalue weighted by atomic mass is 9.89. The first-order chi connectivity index (χ1) is 8.50. The molecule has 1 heterocycles. The SMILES string of the molecule is COc1ccc(Cl)cc1N1CCC(C#N)C1(C)C. The second-order valence-electron chi connectivity index (χ2n) is 5.09. The molecule has 0 spiro atoms. The molecule has 1 atom stereocenters. The maximum atomic E-state index is 9.21. The van der Waals surface area contributed by atoms with Crippen molar-refractivity contribution in [3.63, 3.8) is 0 Å². The van der Waals surface area contributed by atoms with Crippen LogP contribution in [0.5, 0.6) is 5.75 Å². The van der Waals surface area contributed by atoms with Crippen LogP contribution >= 0.6 is 11.6 Å². The molecular formula is C14H17ClN2O. The van der Waals surface area contributed by atoms with Crippen LogP contribution in [0.3, 0.4) is 0 Å². The molecule has 1 aromatic carbocycles. The second kappa shape index (κ2) is 4.70. The molecule has 1 fully saturated rings. The van der Waals surface area contributed by atoms with Gasteiger partial charge in [0.05, 0.1) is 30.3 Å². The number of halogens is 1. The van der Waals surface area contributed by atoms with Crippen LogP contribution in [0, 0.1) is 17.2 Å². The molecule has 0 radical (unpaired) electrons. The van der Waals surface area contributed by atoms with Gasteiger partial charge in [0, 0.05) is 11.6 Å². The molecule has 0 aromatic heterocycles. The molecule has 18 heavy (non-hydrogen) atoms. The van der Waals surface area contributed by atoms with Gasteiger partial charge in [-0.05, 0) is 38.5 Å². The Morgan fingerprint density at radius 2 is 2.22 bits per heavy atom. The molecule has 1 aliphatic rings. The highest BCUT2D eigenvalue weighted by molar-refractivity contribution is 6.30. The van der Waals surface area contributed by atoms with E-state index >= 15 is 0 Å². The molecule has 1 unspecified atom stereocenters. The minimum atomic E-state index is -0.202. The van der Waals surface area contributed by atoms with E-state index in [4.69, 9.17) is 16.3 Å². The highest BCUT2D eigenvalue weighted by Crippen LogP contribution is 2.42. The number of benzene rings is 1. The van der Waals surface area contributed by atoms with Crippen molar-refractivity contribution in [2.24, 2.45) is 5.92 Å². The Balaban J connectivity index is 2.44. The maximum Gasteiger partial charge on any atom is 0.142 e. The Morgan fingerprint density at radius 3 is 2.78 bits per heavy atom. The minimum absolute atomic E-state index is 0.0289. The van der Waals surface area contributed by atoms with Crippen LogP contribution in [0.2, 0.25) is 5.02 Å².